The molecular weight excluding hydrogens is 425 g/mol. The molecule has 2 bridgehead atoms. The molecule has 2 aliphatic heterocycles. The van der Waals surface area contributed by atoms with Crippen LogP contribution in [0, 0.1) is 5.82 Å². The van der Waals surface area contributed by atoms with Crippen LogP contribution in [0.5, 0.6) is 5.75 Å². The summed E-state index contributed by atoms with van der Waals surface area (Å²) in [5, 5.41) is 13.3. The van der Waals surface area contributed by atoms with E-state index in [-0.39, 0.29) is 16.8 Å². The number of aromatic nitrogens is 2. The van der Waals surface area contributed by atoms with E-state index in [1.807, 2.05) is 4.90 Å². The third-order valence-electron chi connectivity index (χ3n) is 5.94. The normalized spacial score (nSPS) is 21.4. The lowest BCUT2D eigenvalue weighted by Crippen LogP contribution is -2.51. The van der Waals surface area contributed by atoms with E-state index >= 15 is 0 Å². The van der Waals surface area contributed by atoms with Crippen molar-refractivity contribution in [1.82, 2.24) is 15.3 Å². The first-order valence-electron chi connectivity index (χ1n) is 10.5. The molecule has 2 N–H and O–H groups in total. The second-order valence-electron chi connectivity index (χ2n) is 8.87. The van der Waals surface area contributed by atoms with E-state index in [0.717, 1.165) is 32.9 Å². The number of hydrogen-bond donors (Lipinski definition) is 2. The van der Waals surface area contributed by atoms with Crippen LogP contribution in [0.1, 0.15) is 26.7 Å². The van der Waals surface area contributed by atoms with Crippen LogP contribution in [0.3, 0.4) is 0 Å². The van der Waals surface area contributed by atoms with Crippen LogP contribution in [0.2, 0.25) is 0 Å². The van der Waals surface area contributed by atoms with Crippen molar-refractivity contribution in [2.45, 2.75) is 50.5 Å². The summed E-state index contributed by atoms with van der Waals surface area (Å²) >= 11 is 0. The van der Waals surface area contributed by atoms with E-state index in [9.17, 15) is 18.3 Å². The molecule has 0 amide bonds. The Bertz CT molecular complexity index is 1130. The van der Waals surface area contributed by atoms with Crippen LogP contribution in [0.25, 0.3) is 22.4 Å². The van der Waals surface area contributed by atoms with E-state index < -0.39 is 17.5 Å². The summed E-state index contributed by atoms with van der Waals surface area (Å²) in [6, 6.07) is 6.50. The number of aliphatic hydroxyl groups is 1. The third kappa shape index (κ3) is 3.67. The van der Waals surface area contributed by atoms with Crippen LogP contribution < -0.4 is 15.0 Å². The van der Waals surface area contributed by atoms with Gasteiger partial charge in [-0.2, -0.15) is 13.8 Å². The van der Waals surface area contributed by atoms with Gasteiger partial charge in [0.25, 0.3) is 6.01 Å². The number of nitrogens with zero attached hydrogens (tertiary/aromatic N) is 3. The average molecular weight is 448 g/mol. The lowest BCUT2D eigenvalue weighted by atomic mass is 10.1. The first kappa shape index (κ1) is 21.0. The van der Waals surface area contributed by atoms with Gasteiger partial charge in [0.05, 0.1) is 11.9 Å². The molecule has 2 aromatic heterocycles. The van der Waals surface area contributed by atoms with Gasteiger partial charge in [0.1, 0.15) is 5.82 Å². The molecular formula is C22H23F3N4O3. The number of piperazine rings is 1. The Morgan fingerprint density at radius 3 is 2.50 bits per heavy atom. The lowest BCUT2D eigenvalue weighted by molar-refractivity contribution is -0.275. The van der Waals surface area contributed by atoms with Crippen molar-refractivity contribution in [3.8, 4) is 17.0 Å². The topological polar surface area (TPSA) is 83.7 Å². The zero-order valence-electron chi connectivity index (χ0n) is 17.6. The van der Waals surface area contributed by atoms with E-state index in [4.69, 9.17) is 9.15 Å². The van der Waals surface area contributed by atoms with Crippen molar-refractivity contribution < 1.29 is 27.4 Å². The van der Waals surface area contributed by atoms with Gasteiger partial charge in [-0.1, -0.05) is 0 Å². The lowest BCUT2D eigenvalue weighted by Gasteiger charge is -2.31. The van der Waals surface area contributed by atoms with Crippen molar-refractivity contribution in [3.63, 3.8) is 0 Å². The van der Waals surface area contributed by atoms with Gasteiger partial charge < -0.3 is 24.5 Å². The SMILES string of the molecule is CC(C)(O)C(F)(F)Oc1ccc(-c2ccc(F)cn2)c2oc(N3CC4CCC(C3)N4)nc12. The fourth-order valence-electron chi connectivity index (χ4n) is 4.14. The maximum atomic E-state index is 14.5. The summed E-state index contributed by atoms with van der Waals surface area (Å²) < 4.78 is 53.3. The molecule has 0 aliphatic carbocycles. The zero-order chi connectivity index (χ0) is 22.7. The van der Waals surface area contributed by atoms with Crippen LogP contribution in [-0.4, -0.2) is 52.0 Å². The third-order valence-corrected chi connectivity index (χ3v) is 5.94. The maximum absolute atomic E-state index is 14.5. The van der Waals surface area contributed by atoms with Crippen LogP contribution in [0.4, 0.5) is 19.2 Å². The molecule has 170 valence electrons. The highest BCUT2D eigenvalue weighted by Crippen LogP contribution is 2.40. The van der Waals surface area contributed by atoms with Crippen LogP contribution in [-0.2, 0) is 0 Å². The number of anilines is 1. The summed E-state index contributed by atoms with van der Waals surface area (Å²) in [6.07, 6.45) is -0.696. The molecule has 7 nitrogen and oxygen atoms in total. The maximum Gasteiger partial charge on any atom is 0.426 e. The highest BCUT2D eigenvalue weighted by atomic mass is 19.3. The molecule has 3 aromatic rings. The summed E-state index contributed by atoms with van der Waals surface area (Å²) in [5.41, 5.74) is -1.26. The number of halogens is 3. The van der Waals surface area contributed by atoms with Gasteiger partial charge in [-0.05, 0) is 51.0 Å². The number of nitrogens with one attached hydrogen (secondary N) is 1. The smallest absolute Gasteiger partial charge is 0.426 e. The van der Waals surface area contributed by atoms with Gasteiger partial charge in [-0.25, -0.2) is 4.39 Å². The Morgan fingerprint density at radius 2 is 1.88 bits per heavy atom. The van der Waals surface area contributed by atoms with Crippen LogP contribution in [0.15, 0.2) is 34.9 Å². The minimum atomic E-state index is -3.87. The van der Waals surface area contributed by atoms with Gasteiger partial charge in [-0.15, -0.1) is 0 Å². The van der Waals surface area contributed by atoms with Gasteiger partial charge in [0, 0.05) is 30.7 Å². The van der Waals surface area contributed by atoms with Gasteiger partial charge in [0.15, 0.2) is 22.5 Å². The quantitative estimate of drug-likeness (QED) is 0.616. The van der Waals surface area contributed by atoms with Crippen molar-refractivity contribution in [3.05, 3.63) is 36.3 Å². The minimum Gasteiger partial charge on any atom is -0.428 e. The number of fused-ring (bicyclic) bond motifs is 3. The average Bonchev–Trinajstić information content (AvgIpc) is 3.32. The molecule has 10 heteroatoms. The second kappa shape index (κ2) is 7.35. The summed E-state index contributed by atoms with van der Waals surface area (Å²) in [5.74, 6) is -0.726. The van der Waals surface area contributed by atoms with E-state index in [1.54, 1.807) is 0 Å². The predicted octanol–water partition coefficient (Wildman–Crippen LogP) is 3.71. The van der Waals surface area contributed by atoms with E-state index in [0.29, 0.717) is 42.4 Å². The second-order valence-corrected chi connectivity index (χ2v) is 8.87. The molecule has 2 unspecified atom stereocenters. The molecule has 0 radical (unpaired) electrons. The standard InChI is InChI=1S/C22H23F3N4O3/c1-21(2,30)22(24,25)32-17-8-6-15(16-7-3-12(23)9-26-16)19-18(17)28-20(31-19)29-10-13-4-5-14(11-29)27-13/h3,6-9,13-14,27,30H,4-5,10-11H2,1-2H3. The number of ether oxygens (including phenoxy) is 1. The summed E-state index contributed by atoms with van der Waals surface area (Å²) in [7, 11) is 0. The molecule has 1 aromatic carbocycles. The van der Waals surface area contributed by atoms with Crippen LogP contribution >= 0.6 is 0 Å². The first-order chi connectivity index (χ1) is 15.1. The number of pyridine rings is 1. The number of oxazole rings is 1. The monoisotopic (exact) mass is 448 g/mol. The molecule has 5 rings (SSSR count). The summed E-state index contributed by atoms with van der Waals surface area (Å²) in [4.78, 5) is 10.6. The Kier molecular flexibility index (Phi) is 4.82. The van der Waals surface area contributed by atoms with E-state index in [1.165, 1.54) is 24.3 Å². The Hall–Kier alpha value is -2.85. The van der Waals surface area contributed by atoms with E-state index in [2.05, 4.69) is 15.3 Å². The fourth-order valence-corrected chi connectivity index (χ4v) is 4.14. The molecule has 4 heterocycles. The molecule has 2 aliphatic rings. The zero-order valence-corrected chi connectivity index (χ0v) is 17.6. The molecule has 2 fully saturated rings. The van der Waals surface area contributed by atoms with Crippen molar-refractivity contribution in [2.24, 2.45) is 0 Å². The highest BCUT2D eigenvalue weighted by Gasteiger charge is 2.49. The largest absolute Gasteiger partial charge is 0.428 e. The number of alkyl halides is 2. The highest BCUT2D eigenvalue weighted by molar-refractivity contribution is 5.94. The van der Waals surface area contributed by atoms with Gasteiger partial charge in [0.2, 0.25) is 0 Å². The molecule has 2 atom stereocenters. The molecule has 32 heavy (non-hydrogen) atoms. The van der Waals surface area contributed by atoms with Crippen molar-refractivity contribution in [2.75, 3.05) is 18.0 Å². The fraction of sp³-hybridized carbons (Fsp3) is 0.455. The summed E-state index contributed by atoms with van der Waals surface area (Å²) in [6.45, 7) is 3.30. The first-order valence-corrected chi connectivity index (χ1v) is 10.5. The molecule has 0 spiro atoms. The van der Waals surface area contributed by atoms with Crippen molar-refractivity contribution >= 4 is 17.1 Å². The van der Waals surface area contributed by atoms with Crippen molar-refractivity contribution in [1.29, 1.82) is 0 Å². The number of benzene rings is 1. The Balaban J connectivity index is 1.61. The Labute approximate surface area is 182 Å². The molecule has 2 saturated heterocycles. The minimum absolute atomic E-state index is 0.0819. The molecule has 0 saturated carbocycles. The number of hydrogen-bond acceptors (Lipinski definition) is 7. The number of rotatable bonds is 5. The van der Waals surface area contributed by atoms with Gasteiger partial charge >= 0.3 is 6.11 Å². The Morgan fingerprint density at radius 1 is 1.16 bits per heavy atom. The predicted molar refractivity (Wildman–Crippen MR) is 111 cm³/mol. The van der Waals surface area contributed by atoms with Gasteiger partial charge in [-0.3, -0.25) is 4.98 Å².